The molecule has 128 valence electrons. The summed E-state index contributed by atoms with van der Waals surface area (Å²) in [5.74, 6) is 0.699. The van der Waals surface area contributed by atoms with Gasteiger partial charge in [-0.05, 0) is 44.7 Å². The summed E-state index contributed by atoms with van der Waals surface area (Å²) in [6.45, 7) is 6.27. The fraction of sp³-hybridized carbons (Fsp3) is 0.500. The second kappa shape index (κ2) is 7.20. The summed E-state index contributed by atoms with van der Waals surface area (Å²) in [5.41, 5.74) is 4.05. The van der Waals surface area contributed by atoms with Crippen LogP contribution in [0.5, 0.6) is 0 Å². The van der Waals surface area contributed by atoms with Crippen molar-refractivity contribution in [2.24, 2.45) is 5.92 Å². The van der Waals surface area contributed by atoms with Crippen LogP contribution in [0, 0.1) is 19.8 Å². The van der Waals surface area contributed by atoms with Crippen LogP contribution < -0.4 is 5.32 Å². The van der Waals surface area contributed by atoms with Gasteiger partial charge in [0, 0.05) is 17.3 Å². The predicted octanol–water partition coefficient (Wildman–Crippen LogP) is 3.73. The lowest BCUT2D eigenvalue weighted by Gasteiger charge is -2.29. The molecule has 0 spiro atoms. The molecule has 4 nitrogen and oxygen atoms in total. The highest BCUT2D eigenvalue weighted by Crippen LogP contribution is 2.24. The highest BCUT2D eigenvalue weighted by Gasteiger charge is 2.24. The zero-order chi connectivity index (χ0) is 17.1. The highest BCUT2D eigenvalue weighted by atomic mass is 16.1. The largest absolute Gasteiger partial charge is 0.353 e. The molecule has 1 amide bonds. The van der Waals surface area contributed by atoms with Gasteiger partial charge in [0.15, 0.2) is 0 Å². The third-order valence-electron chi connectivity index (χ3n) is 5.24. The molecule has 1 heterocycles. The summed E-state index contributed by atoms with van der Waals surface area (Å²) < 4.78 is 1.93. The maximum atomic E-state index is 12.5. The number of aryl methyl sites for hydroxylation is 1. The van der Waals surface area contributed by atoms with Crippen LogP contribution in [0.2, 0.25) is 0 Å². The number of aromatic nitrogens is 2. The van der Waals surface area contributed by atoms with Crippen molar-refractivity contribution in [1.29, 1.82) is 0 Å². The molecule has 24 heavy (non-hydrogen) atoms. The summed E-state index contributed by atoms with van der Waals surface area (Å²) >= 11 is 0. The molecule has 3 rings (SSSR count). The van der Waals surface area contributed by atoms with Gasteiger partial charge in [-0.25, -0.2) is 4.68 Å². The van der Waals surface area contributed by atoms with Gasteiger partial charge in [-0.3, -0.25) is 4.79 Å². The molecule has 0 bridgehead atoms. The van der Waals surface area contributed by atoms with E-state index in [1.807, 2.05) is 48.9 Å². The van der Waals surface area contributed by atoms with Crippen LogP contribution in [0.4, 0.5) is 0 Å². The fourth-order valence-electron chi connectivity index (χ4n) is 3.70. The van der Waals surface area contributed by atoms with Gasteiger partial charge in [0.05, 0.1) is 17.8 Å². The summed E-state index contributed by atoms with van der Waals surface area (Å²) in [5, 5.41) is 7.88. The summed E-state index contributed by atoms with van der Waals surface area (Å²) in [6.07, 6.45) is 5.24. The molecule has 1 N–H and O–H groups in total. The van der Waals surface area contributed by atoms with Crippen LogP contribution in [0.15, 0.2) is 30.3 Å². The van der Waals surface area contributed by atoms with Crippen LogP contribution in [-0.2, 0) is 11.2 Å². The van der Waals surface area contributed by atoms with Gasteiger partial charge in [-0.1, -0.05) is 38.0 Å². The number of carbonyl (C=O) groups excluding carboxylic acids is 1. The number of nitrogens with zero attached hydrogens (tertiary/aromatic N) is 2. The Kier molecular flexibility index (Phi) is 5.03. The molecule has 1 aromatic carbocycles. The SMILES string of the molecule is Cc1nn(-c2ccccc2)c(C)c1CC(=O)N[C@@H]1CCCC[C@@H]1C. The maximum absolute atomic E-state index is 12.5. The van der Waals surface area contributed by atoms with Crippen molar-refractivity contribution in [3.8, 4) is 5.69 Å². The minimum absolute atomic E-state index is 0.118. The van der Waals surface area contributed by atoms with Crippen molar-refractivity contribution in [2.45, 2.75) is 58.9 Å². The number of amides is 1. The number of benzene rings is 1. The first-order valence-corrected chi connectivity index (χ1v) is 8.96. The first kappa shape index (κ1) is 16.7. The van der Waals surface area contributed by atoms with Gasteiger partial charge in [0.25, 0.3) is 0 Å². The monoisotopic (exact) mass is 325 g/mol. The number of carbonyl (C=O) groups is 1. The van der Waals surface area contributed by atoms with Crippen molar-refractivity contribution in [1.82, 2.24) is 15.1 Å². The summed E-state index contributed by atoms with van der Waals surface area (Å²) in [4.78, 5) is 12.5. The number of nitrogens with one attached hydrogen (secondary N) is 1. The van der Waals surface area contributed by atoms with Crippen LogP contribution in [0.25, 0.3) is 5.69 Å². The van der Waals surface area contributed by atoms with Crippen molar-refractivity contribution >= 4 is 5.91 Å². The Morgan fingerprint density at radius 1 is 1.21 bits per heavy atom. The minimum atomic E-state index is 0.118. The lowest BCUT2D eigenvalue weighted by atomic mass is 9.86. The van der Waals surface area contributed by atoms with Gasteiger partial charge >= 0.3 is 0 Å². The van der Waals surface area contributed by atoms with E-state index in [1.165, 1.54) is 19.3 Å². The molecule has 0 radical (unpaired) electrons. The molecule has 0 unspecified atom stereocenters. The average Bonchev–Trinajstić information content (AvgIpc) is 2.86. The van der Waals surface area contributed by atoms with Crippen LogP contribution in [-0.4, -0.2) is 21.7 Å². The molecular formula is C20H27N3O. The highest BCUT2D eigenvalue weighted by molar-refractivity contribution is 5.79. The Morgan fingerprint density at radius 2 is 1.92 bits per heavy atom. The molecule has 1 saturated carbocycles. The van der Waals surface area contributed by atoms with E-state index < -0.39 is 0 Å². The minimum Gasteiger partial charge on any atom is -0.353 e. The van der Waals surface area contributed by atoms with E-state index in [0.29, 0.717) is 18.4 Å². The zero-order valence-electron chi connectivity index (χ0n) is 14.9. The zero-order valence-corrected chi connectivity index (χ0v) is 14.9. The van der Waals surface area contributed by atoms with E-state index in [1.54, 1.807) is 0 Å². The van der Waals surface area contributed by atoms with E-state index in [0.717, 1.165) is 29.1 Å². The van der Waals surface area contributed by atoms with Crippen LogP contribution in [0.3, 0.4) is 0 Å². The van der Waals surface area contributed by atoms with Crippen molar-refractivity contribution < 1.29 is 4.79 Å². The standard InChI is InChI=1S/C20H27N3O/c1-14-9-7-8-12-19(14)21-20(24)13-18-15(2)22-23(16(18)3)17-10-5-4-6-11-17/h4-6,10-11,14,19H,7-9,12-13H2,1-3H3,(H,21,24)/t14-,19+/m0/s1. The molecule has 1 aromatic heterocycles. The first-order chi connectivity index (χ1) is 11.6. The summed E-state index contributed by atoms with van der Waals surface area (Å²) in [6, 6.07) is 10.4. The number of hydrogen-bond acceptors (Lipinski definition) is 2. The summed E-state index contributed by atoms with van der Waals surface area (Å²) in [7, 11) is 0. The molecule has 4 heteroatoms. The molecular weight excluding hydrogens is 298 g/mol. The number of para-hydroxylation sites is 1. The quantitative estimate of drug-likeness (QED) is 0.931. The van der Waals surface area contributed by atoms with Gasteiger partial charge < -0.3 is 5.32 Å². The fourth-order valence-corrected chi connectivity index (χ4v) is 3.70. The van der Waals surface area contributed by atoms with Gasteiger partial charge in [0.2, 0.25) is 5.91 Å². The van der Waals surface area contributed by atoms with Gasteiger partial charge in [-0.15, -0.1) is 0 Å². The molecule has 2 aromatic rings. The third kappa shape index (κ3) is 3.53. The van der Waals surface area contributed by atoms with Crippen LogP contribution >= 0.6 is 0 Å². The molecule has 0 saturated heterocycles. The molecule has 0 aliphatic heterocycles. The Hall–Kier alpha value is -2.10. The molecule has 1 fully saturated rings. The second-order valence-corrected chi connectivity index (χ2v) is 7.01. The lowest BCUT2D eigenvalue weighted by Crippen LogP contribution is -2.41. The predicted molar refractivity (Wildman–Crippen MR) is 96.3 cm³/mol. The Labute approximate surface area is 144 Å². The van der Waals surface area contributed by atoms with Gasteiger partial charge in [-0.2, -0.15) is 5.10 Å². The molecule has 2 atom stereocenters. The van der Waals surface area contributed by atoms with Crippen LogP contribution in [0.1, 0.15) is 49.6 Å². The Morgan fingerprint density at radius 3 is 2.62 bits per heavy atom. The number of hydrogen-bond donors (Lipinski definition) is 1. The van der Waals surface area contributed by atoms with Crippen molar-refractivity contribution in [2.75, 3.05) is 0 Å². The van der Waals surface area contributed by atoms with E-state index in [-0.39, 0.29) is 5.91 Å². The smallest absolute Gasteiger partial charge is 0.224 e. The van der Waals surface area contributed by atoms with E-state index in [4.69, 9.17) is 0 Å². The first-order valence-electron chi connectivity index (χ1n) is 8.96. The van der Waals surface area contributed by atoms with E-state index >= 15 is 0 Å². The third-order valence-corrected chi connectivity index (χ3v) is 5.24. The topological polar surface area (TPSA) is 46.9 Å². The Bertz CT molecular complexity index is 705. The normalized spacial score (nSPS) is 20.8. The van der Waals surface area contributed by atoms with E-state index in [2.05, 4.69) is 17.3 Å². The van der Waals surface area contributed by atoms with E-state index in [9.17, 15) is 4.79 Å². The average molecular weight is 325 g/mol. The molecule has 1 aliphatic carbocycles. The second-order valence-electron chi connectivity index (χ2n) is 7.01. The van der Waals surface area contributed by atoms with Gasteiger partial charge in [0.1, 0.15) is 0 Å². The van der Waals surface area contributed by atoms with Crippen molar-refractivity contribution in [3.05, 3.63) is 47.3 Å². The maximum Gasteiger partial charge on any atom is 0.224 e. The molecule has 1 aliphatic rings. The lowest BCUT2D eigenvalue weighted by molar-refractivity contribution is -0.121. The van der Waals surface area contributed by atoms with Crippen molar-refractivity contribution in [3.63, 3.8) is 0 Å². The Balaban J connectivity index is 1.73. The number of rotatable bonds is 4.